The second-order valence-electron chi connectivity index (χ2n) is 14.3. The second-order valence-corrected chi connectivity index (χ2v) is 14.3. The fourth-order valence-corrected chi connectivity index (χ4v) is 8.32. The summed E-state index contributed by atoms with van der Waals surface area (Å²) in [5, 5.41) is 5.96. The van der Waals surface area contributed by atoms with Crippen molar-refractivity contribution in [2.24, 2.45) is 0 Å². The minimum Gasteiger partial charge on any atom is -0.445 e. The lowest BCUT2D eigenvalue weighted by Crippen LogP contribution is -2.50. The molecule has 3 saturated heterocycles. The number of benzene rings is 2. The molecule has 4 aliphatic heterocycles. The molecular formula is C38H48N8O4. The Balaban J connectivity index is 1.07. The SMILES string of the molecule is Cc1ccc2c(cnn2C2CCCCO2)c1N1CCc2c(N3CCN(C(=O)OCc4ccccc4)CC3)nc(=O)n(CC3CCCN3C)c2C1. The number of likely N-dealkylation sites (N-methyl/N-ethyl adjacent to an activating group) is 1. The maximum absolute atomic E-state index is 14.0. The fourth-order valence-electron chi connectivity index (χ4n) is 8.32. The number of aryl methyl sites for hydroxylation is 1. The molecule has 0 N–H and O–H groups in total. The van der Waals surface area contributed by atoms with Gasteiger partial charge >= 0.3 is 11.8 Å². The summed E-state index contributed by atoms with van der Waals surface area (Å²) < 4.78 is 15.7. The first-order chi connectivity index (χ1) is 24.4. The number of amides is 1. The maximum Gasteiger partial charge on any atom is 0.410 e. The molecule has 4 aliphatic rings. The number of carbonyl (C=O) groups excluding carboxylic acids is 1. The molecule has 1 amide bonds. The first-order valence-electron chi connectivity index (χ1n) is 18.3. The van der Waals surface area contributed by atoms with Crippen molar-refractivity contribution in [3.05, 3.63) is 81.5 Å². The van der Waals surface area contributed by atoms with E-state index in [1.807, 2.05) is 41.1 Å². The minimum atomic E-state index is -0.307. The zero-order valence-corrected chi connectivity index (χ0v) is 29.3. The van der Waals surface area contributed by atoms with Crippen LogP contribution in [0.25, 0.3) is 10.9 Å². The highest BCUT2D eigenvalue weighted by molar-refractivity contribution is 5.94. The number of anilines is 2. The quantitative estimate of drug-likeness (QED) is 0.275. The molecule has 264 valence electrons. The normalized spacial score (nSPS) is 21.5. The Bertz CT molecular complexity index is 1890. The largest absolute Gasteiger partial charge is 0.445 e. The van der Waals surface area contributed by atoms with Gasteiger partial charge in [0.15, 0.2) is 6.23 Å². The minimum absolute atomic E-state index is 0.0349. The van der Waals surface area contributed by atoms with Crippen LogP contribution in [-0.2, 0) is 35.6 Å². The van der Waals surface area contributed by atoms with Gasteiger partial charge in [-0.05, 0) is 76.2 Å². The summed E-state index contributed by atoms with van der Waals surface area (Å²) >= 11 is 0. The molecule has 0 aliphatic carbocycles. The van der Waals surface area contributed by atoms with Gasteiger partial charge in [-0.1, -0.05) is 36.4 Å². The average Bonchev–Trinajstić information content (AvgIpc) is 3.77. The third-order valence-corrected chi connectivity index (χ3v) is 11.2. The van der Waals surface area contributed by atoms with Gasteiger partial charge in [0.1, 0.15) is 12.4 Å². The van der Waals surface area contributed by atoms with Crippen LogP contribution in [0.3, 0.4) is 0 Å². The second kappa shape index (κ2) is 14.1. The molecule has 2 aromatic heterocycles. The van der Waals surface area contributed by atoms with Crippen LogP contribution in [0.5, 0.6) is 0 Å². The van der Waals surface area contributed by atoms with Crippen molar-refractivity contribution in [1.29, 1.82) is 0 Å². The fraction of sp³-hybridized carbons (Fsp3) is 0.526. The standard InChI is InChI=1S/C38H48N8O4/c1-27-13-14-32-31(23-39-46(32)34-12-6-7-22-49-34)35(27)44-17-15-30-33(25-44)45(24-29-11-8-16-41(29)2)37(47)40-36(30)42-18-20-43(21-19-42)38(48)50-26-28-9-4-3-5-10-28/h3-5,9-10,13-14,23,29,34H,6-8,11-12,15-22,24-26H2,1-2H3. The number of carbonyl (C=O) groups is 1. The highest BCUT2D eigenvalue weighted by atomic mass is 16.6. The van der Waals surface area contributed by atoms with Crippen LogP contribution in [0, 0.1) is 6.92 Å². The van der Waals surface area contributed by atoms with Gasteiger partial charge in [-0.15, -0.1) is 0 Å². The lowest BCUT2D eigenvalue weighted by molar-refractivity contribution is -0.0366. The summed E-state index contributed by atoms with van der Waals surface area (Å²) in [7, 11) is 2.16. The van der Waals surface area contributed by atoms with Crippen molar-refractivity contribution in [1.82, 2.24) is 29.1 Å². The van der Waals surface area contributed by atoms with E-state index in [9.17, 15) is 9.59 Å². The Morgan fingerprint density at radius 1 is 0.960 bits per heavy atom. The van der Waals surface area contributed by atoms with Gasteiger partial charge in [0, 0.05) is 68.6 Å². The van der Waals surface area contributed by atoms with Gasteiger partial charge in [0.25, 0.3) is 0 Å². The Morgan fingerprint density at radius 2 is 1.80 bits per heavy atom. The van der Waals surface area contributed by atoms with Crippen molar-refractivity contribution in [2.75, 3.05) is 62.7 Å². The predicted octanol–water partition coefficient (Wildman–Crippen LogP) is 4.72. The molecule has 50 heavy (non-hydrogen) atoms. The van der Waals surface area contributed by atoms with Crippen LogP contribution < -0.4 is 15.5 Å². The zero-order chi connectivity index (χ0) is 34.2. The lowest BCUT2D eigenvalue weighted by Gasteiger charge is -2.39. The van der Waals surface area contributed by atoms with Crippen LogP contribution in [0.1, 0.15) is 60.7 Å². The number of hydrogen-bond acceptors (Lipinski definition) is 9. The van der Waals surface area contributed by atoms with E-state index in [-0.39, 0.29) is 24.6 Å². The summed E-state index contributed by atoms with van der Waals surface area (Å²) in [5.74, 6) is 0.773. The number of aromatic nitrogens is 4. The van der Waals surface area contributed by atoms with Crippen LogP contribution in [0.4, 0.5) is 16.3 Å². The number of nitrogens with zero attached hydrogens (tertiary/aromatic N) is 8. The van der Waals surface area contributed by atoms with E-state index in [2.05, 4.69) is 45.5 Å². The third-order valence-electron chi connectivity index (χ3n) is 11.2. The molecule has 2 aromatic carbocycles. The number of fused-ring (bicyclic) bond motifs is 2. The molecule has 2 unspecified atom stereocenters. The summed E-state index contributed by atoms with van der Waals surface area (Å²) in [6, 6.07) is 14.4. The van der Waals surface area contributed by atoms with Crippen LogP contribution in [-0.4, -0.2) is 94.2 Å². The molecule has 2 atom stereocenters. The maximum atomic E-state index is 14.0. The van der Waals surface area contributed by atoms with Crippen LogP contribution in [0.2, 0.25) is 0 Å². The monoisotopic (exact) mass is 680 g/mol. The van der Waals surface area contributed by atoms with Gasteiger partial charge in [-0.3, -0.25) is 4.57 Å². The van der Waals surface area contributed by atoms with E-state index in [1.165, 1.54) is 11.3 Å². The molecule has 12 nitrogen and oxygen atoms in total. The first-order valence-corrected chi connectivity index (χ1v) is 18.3. The van der Waals surface area contributed by atoms with E-state index in [1.54, 1.807) is 4.90 Å². The molecule has 4 aromatic rings. The van der Waals surface area contributed by atoms with Gasteiger partial charge in [-0.2, -0.15) is 10.1 Å². The lowest BCUT2D eigenvalue weighted by atomic mass is 10.0. The van der Waals surface area contributed by atoms with Gasteiger partial charge in [0.05, 0.1) is 23.9 Å². The molecule has 0 bridgehead atoms. The zero-order valence-electron chi connectivity index (χ0n) is 29.3. The van der Waals surface area contributed by atoms with Gasteiger partial charge < -0.3 is 29.1 Å². The third kappa shape index (κ3) is 6.35. The number of rotatable bonds is 7. The van der Waals surface area contributed by atoms with Gasteiger partial charge in [0.2, 0.25) is 0 Å². The molecule has 3 fully saturated rings. The van der Waals surface area contributed by atoms with E-state index in [4.69, 9.17) is 19.6 Å². The van der Waals surface area contributed by atoms with E-state index in [0.717, 1.165) is 91.8 Å². The molecule has 6 heterocycles. The first kappa shape index (κ1) is 32.8. The number of hydrogen-bond donors (Lipinski definition) is 0. The number of likely N-dealkylation sites (tertiary alicyclic amines) is 1. The Labute approximate surface area is 293 Å². The van der Waals surface area contributed by atoms with E-state index < -0.39 is 0 Å². The summed E-state index contributed by atoms with van der Waals surface area (Å²) in [6.45, 7) is 8.53. The average molecular weight is 681 g/mol. The number of ether oxygens (including phenoxy) is 2. The predicted molar refractivity (Wildman–Crippen MR) is 193 cm³/mol. The Hall–Kier alpha value is -4.42. The van der Waals surface area contributed by atoms with E-state index in [0.29, 0.717) is 45.3 Å². The Kier molecular flexibility index (Phi) is 9.22. The molecule has 12 heteroatoms. The topological polar surface area (TPSA) is 101 Å². The summed E-state index contributed by atoms with van der Waals surface area (Å²) in [5.41, 5.74) is 6.43. The smallest absolute Gasteiger partial charge is 0.410 e. The van der Waals surface area contributed by atoms with Crippen molar-refractivity contribution >= 4 is 28.5 Å². The van der Waals surface area contributed by atoms with Gasteiger partial charge in [-0.25, -0.2) is 14.3 Å². The highest BCUT2D eigenvalue weighted by Gasteiger charge is 2.33. The van der Waals surface area contributed by atoms with Crippen LogP contribution >= 0.6 is 0 Å². The molecule has 0 saturated carbocycles. The van der Waals surface area contributed by atoms with Crippen molar-refractivity contribution in [3.8, 4) is 0 Å². The highest BCUT2D eigenvalue weighted by Crippen LogP contribution is 2.37. The Morgan fingerprint density at radius 3 is 2.56 bits per heavy atom. The van der Waals surface area contributed by atoms with Crippen molar-refractivity contribution < 1.29 is 14.3 Å². The summed E-state index contributed by atoms with van der Waals surface area (Å²) in [4.78, 5) is 40.5. The van der Waals surface area contributed by atoms with E-state index >= 15 is 0 Å². The number of piperazine rings is 1. The van der Waals surface area contributed by atoms with Crippen molar-refractivity contribution in [2.45, 2.75) is 77.4 Å². The van der Waals surface area contributed by atoms with Crippen molar-refractivity contribution in [3.63, 3.8) is 0 Å². The molecule has 8 rings (SSSR count). The molecule has 0 radical (unpaired) electrons. The summed E-state index contributed by atoms with van der Waals surface area (Å²) in [6.07, 6.45) is 7.85. The molecular weight excluding hydrogens is 632 g/mol. The molecule has 0 spiro atoms. The van der Waals surface area contributed by atoms with Crippen LogP contribution in [0.15, 0.2) is 53.5 Å².